The summed E-state index contributed by atoms with van der Waals surface area (Å²) >= 11 is 5.62. The van der Waals surface area contributed by atoms with Gasteiger partial charge in [0.15, 0.2) is 0 Å². The number of nitrogens with one attached hydrogen (secondary N) is 1. The number of rotatable bonds is 5. The van der Waals surface area contributed by atoms with Gasteiger partial charge >= 0.3 is 5.69 Å². The summed E-state index contributed by atoms with van der Waals surface area (Å²) in [6.45, 7) is 1.61. The van der Waals surface area contributed by atoms with Crippen LogP contribution in [-0.4, -0.2) is 23.5 Å². The predicted octanol–water partition coefficient (Wildman–Crippen LogP) is 1.88. The number of nitro groups is 1. The molecule has 2 rings (SSSR count). The average molecular weight is 333 g/mol. The Balaban J connectivity index is 2.28. The van der Waals surface area contributed by atoms with Gasteiger partial charge in [0.2, 0.25) is 15.8 Å². The fourth-order valence-electron chi connectivity index (χ4n) is 1.51. The van der Waals surface area contributed by atoms with Crippen molar-refractivity contribution in [1.82, 2.24) is 10.1 Å². The van der Waals surface area contributed by atoms with Crippen molar-refractivity contribution in [2.75, 3.05) is 4.72 Å². The Morgan fingerprint density at radius 2 is 2.19 bits per heavy atom. The molecule has 0 fully saturated rings. The zero-order valence-corrected chi connectivity index (χ0v) is 12.2. The molecule has 0 atom stereocenters. The first-order valence-electron chi connectivity index (χ1n) is 5.50. The molecule has 11 heteroatoms. The van der Waals surface area contributed by atoms with E-state index in [1.54, 1.807) is 6.92 Å². The Hall–Kier alpha value is -2.20. The Kier molecular flexibility index (Phi) is 4.09. The maximum atomic E-state index is 12.0. The van der Waals surface area contributed by atoms with Gasteiger partial charge in [0, 0.05) is 12.1 Å². The van der Waals surface area contributed by atoms with E-state index in [0.717, 1.165) is 6.07 Å². The number of anilines is 1. The van der Waals surface area contributed by atoms with E-state index in [1.807, 2.05) is 4.72 Å². The lowest BCUT2D eigenvalue weighted by molar-refractivity contribution is -0.384. The first-order valence-corrected chi connectivity index (χ1v) is 7.53. The molecule has 0 saturated carbocycles. The minimum absolute atomic E-state index is 0.0735. The fourth-order valence-corrected chi connectivity index (χ4v) is 2.70. The number of pyridine rings is 1. The Labute approximate surface area is 124 Å². The molecule has 0 amide bonds. The highest BCUT2D eigenvalue weighted by molar-refractivity contribution is 7.91. The first-order chi connectivity index (χ1) is 9.77. The van der Waals surface area contributed by atoms with Crippen LogP contribution in [0.1, 0.15) is 11.5 Å². The Morgan fingerprint density at radius 1 is 1.48 bits per heavy atom. The highest BCUT2D eigenvalue weighted by atomic mass is 35.5. The molecule has 0 aliphatic carbocycles. The molecular weight excluding hydrogens is 324 g/mol. The number of hydrogen-bond donors (Lipinski definition) is 1. The lowest BCUT2D eigenvalue weighted by Crippen LogP contribution is -2.17. The van der Waals surface area contributed by atoms with Gasteiger partial charge in [-0.3, -0.25) is 14.8 Å². The van der Waals surface area contributed by atoms with Gasteiger partial charge in [-0.15, -0.1) is 0 Å². The summed E-state index contributed by atoms with van der Waals surface area (Å²) in [5, 5.41) is 14.3. The van der Waals surface area contributed by atoms with E-state index in [9.17, 15) is 18.5 Å². The lowest BCUT2D eigenvalue weighted by atomic mass is 10.4. The van der Waals surface area contributed by atoms with Crippen LogP contribution in [0.25, 0.3) is 0 Å². The third kappa shape index (κ3) is 3.89. The zero-order chi connectivity index (χ0) is 15.6. The summed E-state index contributed by atoms with van der Waals surface area (Å²) < 4.78 is 30.7. The Bertz CT molecular complexity index is 788. The molecule has 0 unspecified atom stereocenters. The zero-order valence-electron chi connectivity index (χ0n) is 10.6. The van der Waals surface area contributed by atoms with Crippen molar-refractivity contribution in [3.63, 3.8) is 0 Å². The second-order valence-corrected chi connectivity index (χ2v) is 6.16. The quantitative estimate of drug-likeness (QED) is 0.502. The number of aryl methyl sites for hydroxylation is 1. The minimum Gasteiger partial charge on any atom is -0.361 e. The molecule has 0 aromatic carbocycles. The normalized spacial score (nSPS) is 11.3. The summed E-state index contributed by atoms with van der Waals surface area (Å²) in [5.41, 5.74) is -0.330. The SMILES string of the molecule is Cc1cc(CS(=O)(=O)Nc2nc(Cl)ccc2[N+](=O)[O-])no1. The molecule has 9 nitrogen and oxygen atoms in total. The minimum atomic E-state index is -3.95. The van der Waals surface area contributed by atoms with Crippen LogP contribution in [0.2, 0.25) is 5.15 Å². The molecule has 0 spiro atoms. The maximum absolute atomic E-state index is 12.0. The lowest BCUT2D eigenvalue weighted by Gasteiger charge is -2.06. The number of sulfonamides is 1. The molecule has 21 heavy (non-hydrogen) atoms. The summed E-state index contributed by atoms with van der Waals surface area (Å²) in [7, 11) is -3.95. The van der Waals surface area contributed by atoms with Gasteiger partial charge < -0.3 is 4.52 Å². The van der Waals surface area contributed by atoms with E-state index < -0.39 is 32.2 Å². The van der Waals surface area contributed by atoms with Crippen LogP contribution >= 0.6 is 11.6 Å². The number of nitrogens with zero attached hydrogens (tertiary/aromatic N) is 3. The molecule has 0 aliphatic heterocycles. The molecule has 2 heterocycles. The fraction of sp³-hybridized carbons (Fsp3) is 0.200. The molecular formula is C10H9ClN4O5S. The largest absolute Gasteiger partial charge is 0.361 e. The highest BCUT2D eigenvalue weighted by Gasteiger charge is 2.22. The number of hydrogen-bond acceptors (Lipinski definition) is 7. The second-order valence-electron chi connectivity index (χ2n) is 4.05. The molecule has 0 aliphatic rings. The molecule has 2 aromatic rings. The van der Waals surface area contributed by atoms with Gasteiger partial charge in [0.25, 0.3) is 0 Å². The molecule has 112 valence electrons. The monoisotopic (exact) mass is 332 g/mol. The molecule has 1 N–H and O–H groups in total. The van der Waals surface area contributed by atoms with Crippen LogP contribution in [0.3, 0.4) is 0 Å². The standard InChI is InChI=1S/C10H9ClN4O5S/c1-6-4-7(13-20-6)5-21(18,19)14-10-8(15(16)17)2-3-9(11)12-10/h2-4H,5H2,1H3,(H,12,14). The van der Waals surface area contributed by atoms with Crippen molar-refractivity contribution in [2.45, 2.75) is 12.7 Å². The third-order valence-electron chi connectivity index (χ3n) is 2.30. The van der Waals surface area contributed by atoms with Gasteiger partial charge in [-0.05, 0) is 13.0 Å². The van der Waals surface area contributed by atoms with Gasteiger partial charge in [0.05, 0.1) is 4.92 Å². The third-order valence-corrected chi connectivity index (χ3v) is 3.69. The number of halogens is 1. The van der Waals surface area contributed by atoms with Gasteiger partial charge in [-0.2, -0.15) is 0 Å². The summed E-state index contributed by atoms with van der Waals surface area (Å²) in [4.78, 5) is 13.7. The number of aromatic nitrogens is 2. The van der Waals surface area contributed by atoms with Crippen LogP contribution in [0.5, 0.6) is 0 Å². The Morgan fingerprint density at radius 3 is 2.76 bits per heavy atom. The van der Waals surface area contributed by atoms with E-state index in [2.05, 4.69) is 10.1 Å². The van der Waals surface area contributed by atoms with Crippen molar-refractivity contribution < 1.29 is 17.9 Å². The maximum Gasteiger partial charge on any atom is 0.312 e. The summed E-state index contributed by atoms with van der Waals surface area (Å²) in [6, 6.07) is 3.70. The van der Waals surface area contributed by atoms with Gasteiger partial charge in [0.1, 0.15) is 22.4 Å². The van der Waals surface area contributed by atoms with Gasteiger partial charge in [-0.25, -0.2) is 13.4 Å². The van der Waals surface area contributed by atoms with Crippen molar-refractivity contribution in [3.8, 4) is 0 Å². The van der Waals surface area contributed by atoms with Crippen LogP contribution < -0.4 is 4.72 Å². The molecule has 0 radical (unpaired) electrons. The molecule has 0 saturated heterocycles. The predicted molar refractivity (Wildman–Crippen MR) is 73.4 cm³/mol. The molecule has 2 aromatic heterocycles. The van der Waals surface area contributed by atoms with Crippen molar-refractivity contribution in [1.29, 1.82) is 0 Å². The summed E-state index contributed by atoms with van der Waals surface area (Å²) in [6.07, 6.45) is 0. The van der Waals surface area contributed by atoms with Crippen molar-refractivity contribution in [3.05, 3.63) is 44.9 Å². The second kappa shape index (κ2) is 5.66. The first kappa shape index (κ1) is 15.2. The summed E-state index contributed by atoms with van der Waals surface area (Å²) in [5.74, 6) is -0.504. The van der Waals surface area contributed by atoms with Gasteiger partial charge in [-0.1, -0.05) is 16.8 Å². The van der Waals surface area contributed by atoms with E-state index >= 15 is 0 Å². The smallest absolute Gasteiger partial charge is 0.312 e. The van der Waals surface area contributed by atoms with Crippen LogP contribution in [0, 0.1) is 17.0 Å². The van der Waals surface area contributed by atoms with Crippen LogP contribution in [0.15, 0.2) is 22.7 Å². The van der Waals surface area contributed by atoms with Crippen molar-refractivity contribution in [2.24, 2.45) is 0 Å². The van der Waals surface area contributed by atoms with Crippen LogP contribution in [-0.2, 0) is 15.8 Å². The van der Waals surface area contributed by atoms with E-state index in [1.165, 1.54) is 12.1 Å². The van der Waals surface area contributed by atoms with E-state index in [-0.39, 0.29) is 10.8 Å². The van der Waals surface area contributed by atoms with E-state index in [0.29, 0.717) is 5.76 Å². The van der Waals surface area contributed by atoms with Crippen LogP contribution in [0.4, 0.5) is 11.5 Å². The highest BCUT2D eigenvalue weighted by Crippen LogP contribution is 2.25. The van der Waals surface area contributed by atoms with E-state index in [4.69, 9.17) is 16.1 Å². The molecule has 0 bridgehead atoms. The topological polar surface area (TPSA) is 128 Å². The van der Waals surface area contributed by atoms with Crippen molar-refractivity contribution >= 4 is 33.1 Å². The average Bonchev–Trinajstić information content (AvgIpc) is 2.72.